The molecule has 2 aromatic rings. The van der Waals surface area contributed by atoms with E-state index in [1.807, 2.05) is 54.4 Å². The molecule has 140 valence electrons. The van der Waals surface area contributed by atoms with Crippen molar-refractivity contribution in [2.24, 2.45) is 0 Å². The van der Waals surface area contributed by atoms with E-state index in [0.717, 1.165) is 24.1 Å². The first-order valence-electron chi connectivity index (χ1n) is 8.42. The molecule has 2 rings (SSSR count). The minimum atomic E-state index is -0.0141. The van der Waals surface area contributed by atoms with Gasteiger partial charge >= 0.3 is 0 Å². The molecule has 0 saturated heterocycles. The second kappa shape index (κ2) is 10.0. The molecule has 0 bridgehead atoms. The maximum absolute atomic E-state index is 12.1. The van der Waals surface area contributed by atoms with E-state index >= 15 is 0 Å². The largest absolute Gasteiger partial charge is 0.493 e. The minimum Gasteiger partial charge on any atom is -0.493 e. The Kier molecular flexibility index (Phi) is 7.75. The van der Waals surface area contributed by atoms with Crippen molar-refractivity contribution < 1.29 is 14.3 Å². The topological polar surface area (TPSA) is 50.8 Å². The third-order valence-corrected chi connectivity index (χ3v) is 4.26. The van der Waals surface area contributed by atoms with Crippen LogP contribution in [-0.2, 0) is 17.8 Å². The van der Waals surface area contributed by atoms with Crippen LogP contribution in [0.5, 0.6) is 11.5 Å². The molecule has 0 spiro atoms. The smallest absolute Gasteiger partial charge is 0.234 e. The molecule has 0 aliphatic heterocycles. The zero-order chi connectivity index (χ0) is 18.9. The third kappa shape index (κ3) is 6.24. The molecular weight excluding hydrogens is 352 g/mol. The summed E-state index contributed by atoms with van der Waals surface area (Å²) in [6.45, 7) is 1.58. The zero-order valence-electron chi connectivity index (χ0n) is 15.4. The summed E-state index contributed by atoms with van der Waals surface area (Å²) in [6.07, 6.45) is 0.818. The third-order valence-electron chi connectivity index (χ3n) is 4.02. The monoisotopic (exact) mass is 376 g/mol. The molecule has 0 unspecified atom stereocenters. The van der Waals surface area contributed by atoms with Gasteiger partial charge in [0.15, 0.2) is 11.5 Å². The summed E-state index contributed by atoms with van der Waals surface area (Å²) < 4.78 is 10.6. The van der Waals surface area contributed by atoms with Crippen molar-refractivity contribution in [1.29, 1.82) is 0 Å². The lowest BCUT2D eigenvalue weighted by Gasteiger charge is -2.17. The van der Waals surface area contributed by atoms with Crippen LogP contribution in [0.15, 0.2) is 42.5 Å². The quantitative estimate of drug-likeness (QED) is 0.730. The Bertz CT molecular complexity index is 737. The molecule has 0 fully saturated rings. The fourth-order valence-corrected chi connectivity index (χ4v) is 2.80. The van der Waals surface area contributed by atoms with Gasteiger partial charge in [-0.3, -0.25) is 9.69 Å². The minimum absolute atomic E-state index is 0.0141. The maximum Gasteiger partial charge on any atom is 0.234 e. The van der Waals surface area contributed by atoms with Crippen LogP contribution in [0.2, 0.25) is 5.02 Å². The molecule has 0 radical (unpaired) electrons. The van der Waals surface area contributed by atoms with E-state index in [1.54, 1.807) is 14.2 Å². The SMILES string of the molecule is COc1ccc(CCN(C)CC(=O)NCc2cccc(Cl)c2)cc1OC. The van der Waals surface area contributed by atoms with Crippen molar-refractivity contribution in [3.05, 3.63) is 58.6 Å². The molecule has 0 aromatic heterocycles. The summed E-state index contributed by atoms with van der Waals surface area (Å²) in [5.41, 5.74) is 2.12. The number of hydrogen-bond donors (Lipinski definition) is 1. The molecule has 6 heteroatoms. The Morgan fingerprint density at radius 2 is 1.85 bits per heavy atom. The second-order valence-corrected chi connectivity index (χ2v) is 6.52. The van der Waals surface area contributed by atoms with Crippen LogP contribution in [0.25, 0.3) is 0 Å². The number of nitrogens with zero attached hydrogens (tertiary/aromatic N) is 1. The van der Waals surface area contributed by atoms with Gasteiger partial charge in [0.1, 0.15) is 0 Å². The van der Waals surface area contributed by atoms with Crippen LogP contribution in [0.4, 0.5) is 0 Å². The lowest BCUT2D eigenvalue weighted by molar-refractivity contribution is -0.122. The summed E-state index contributed by atoms with van der Waals surface area (Å²) in [5, 5.41) is 3.58. The molecular formula is C20H25ClN2O3. The van der Waals surface area contributed by atoms with Gasteiger partial charge in [0, 0.05) is 18.1 Å². The molecule has 0 atom stereocenters. The summed E-state index contributed by atoms with van der Waals surface area (Å²) >= 11 is 5.95. The van der Waals surface area contributed by atoms with Gasteiger partial charge in [-0.1, -0.05) is 29.8 Å². The van der Waals surface area contributed by atoms with E-state index in [2.05, 4.69) is 5.32 Å². The lowest BCUT2D eigenvalue weighted by atomic mass is 10.1. The fraction of sp³-hybridized carbons (Fsp3) is 0.350. The average molecular weight is 377 g/mol. The Morgan fingerprint density at radius 1 is 1.08 bits per heavy atom. The van der Waals surface area contributed by atoms with Crippen molar-refractivity contribution in [3.63, 3.8) is 0 Å². The molecule has 0 aliphatic rings. The van der Waals surface area contributed by atoms with Gasteiger partial charge in [-0.2, -0.15) is 0 Å². The maximum atomic E-state index is 12.1. The predicted octanol–water partition coefficient (Wildman–Crippen LogP) is 3.15. The fourth-order valence-electron chi connectivity index (χ4n) is 2.58. The highest BCUT2D eigenvalue weighted by Gasteiger charge is 2.09. The Hall–Kier alpha value is -2.24. The van der Waals surface area contributed by atoms with E-state index < -0.39 is 0 Å². The van der Waals surface area contributed by atoms with Gasteiger partial charge in [0.25, 0.3) is 0 Å². The molecule has 1 N–H and O–H groups in total. The molecule has 0 heterocycles. The first kappa shape index (κ1) is 20.1. The van der Waals surface area contributed by atoms with E-state index in [9.17, 15) is 4.79 Å². The molecule has 1 amide bonds. The first-order valence-corrected chi connectivity index (χ1v) is 8.80. The summed E-state index contributed by atoms with van der Waals surface area (Å²) in [5.74, 6) is 1.41. The zero-order valence-corrected chi connectivity index (χ0v) is 16.2. The van der Waals surface area contributed by atoms with Crippen LogP contribution in [-0.4, -0.2) is 45.2 Å². The van der Waals surface area contributed by atoms with Gasteiger partial charge in [-0.15, -0.1) is 0 Å². The Balaban J connectivity index is 1.77. The van der Waals surface area contributed by atoms with Crippen LogP contribution < -0.4 is 14.8 Å². The van der Waals surface area contributed by atoms with Crippen LogP contribution in [0, 0.1) is 0 Å². The first-order chi connectivity index (χ1) is 12.5. The molecule has 0 saturated carbocycles. The lowest BCUT2D eigenvalue weighted by Crippen LogP contribution is -2.35. The number of halogens is 1. The number of amides is 1. The normalized spacial score (nSPS) is 10.7. The van der Waals surface area contributed by atoms with E-state index in [1.165, 1.54) is 0 Å². The number of hydrogen-bond acceptors (Lipinski definition) is 4. The van der Waals surface area contributed by atoms with Crippen molar-refractivity contribution >= 4 is 17.5 Å². The number of carbonyl (C=O) groups is 1. The highest BCUT2D eigenvalue weighted by molar-refractivity contribution is 6.30. The van der Waals surface area contributed by atoms with E-state index in [0.29, 0.717) is 29.6 Å². The molecule has 26 heavy (non-hydrogen) atoms. The second-order valence-electron chi connectivity index (χ2n) is 6.08. The van der Waals surface area contributed by atoms with Crippen molar-refractivity contribution in [2.75, 3.05) is 34.4 Å². The van der Waals surface area contributed by atoms with Gasteiger partial charge in [0.2, 0.25) is 5.91 Å². The number of carbonyl (C=O) groups excluding carboxylic acids is 1. The Morgan fingerprint density at radius 3 is 2.54 bits per heavy atom. The number of likely N-dealkylation sites (N-methyl/N-ethyl adjacent to an activating group) is 1. The molecule has 0 aliphatic carbocycles. The van der Waals surface area contributed by atoms with Crippen LogP contribution >= 0.6 is 11.6 Å². The van der Waals surface area contributed by atoms with E-state index in [4.69, 9.17) is 21.1 Å². The summed E-state index contributed by atoms with van der Waals surface area (Å²) in [7, 11) is 5.17. The number of benzene rings is 2. The van der Waals surface area contributed by atoms with Gasteiger partial charge in [-0.25, -0.2) is 0 Å². The number of methoxy groups -OCH3 is 2. The summed E-state index contributed by atoms with van der Waals surface area (Å²) in [4.78, 5) is 14.1. The average Bonchev–Trinajstić information content (AvgIpc) is 2.64. The molecule has 2 aromatic carbocycles. The van der Waals surface area contributed by atoms with Crippen molar-refractivity contribution in [3.8, 4) is 11.5 Å². The predicted molar refractivity (Wildman–Crippen MR) is 104 cm³/mol. The Labute approximate surface area is 159 Å². The molecule has 5 nitrogen and oxygen atoms in total. The number of ether oxygens (including phenoxy) is 2. The standard InChI is InChI=1S/C20H25ClN2O3/c1-23(10-9-15-7-8-18(25-2)19(12-15)26-3)14-20(24)22-13-16-5-4-6-17(21)11-16/h4-8,11-12H,9-10,13-14H2,1-3H3,(H,22,24). The highest BCUT2D eigenvalue weighted by atomic mass is 35.5. The highest BCUT2D eigenvalue weighted by Crippen LogP contribution is 2.27. The summed E-state index contributed by atoms with van der Waals surface area (Å²) in [6, 6.07) is 13.3. The number of nitrogens with one attached hydrogen (secondary N) is 1. The van der Waals surface area contributed by atoms with Gasteiger partial charge < -0.3 is 14.8 Å². The van der Waals surface area contributed by atoms with Crippen LogP contribution in [0.3, 0.4) is 0 Å². The van der Waals surface area contributed by atoms with E-state index in [-0.39, 0.29) is 5.91 Å². The van der Waals surface area contributed by atoms with Crippen molar-refractivity contribution in [2.45, 2.75) is 13.0 Å². The van der Waals surface area contributed by atoms with Gasteiger partial charge in [-0.05, 0) is 48.9 Å². The van der Waals surface area contributed by atoms with Crippen LogP contribution in [0.1, 0.15) is 11.1 Å². The number of rotatable bonds is 9. The van der Waals surface area contributed by atoms with Crippen molar-refractivity contribution in [1.82, 2.24) is 10.2 Å². The van der Waals surface area contributed by atoms with Gasteiger partial charge in [0.05, 0.1) is 20.8 Å².